The Bertz CT molecular complexity index is 1570. The number of hydrogen-bond acceptors (Lipinski definition) is 9. The molecule has 42 heavy (non-hydrogen) atoms. The number of benzene rings is 3. The number of carbonyl (C=O) groups excluding carboxylic acids is 1. The van der Waals surface area contributed by atoms with Gasteiger partial charge >= 0.3 is 0 Å². The van der Waals surface area contributed by atoms with Crippen LogP contribution in [0, 0.1) is 0 Å². The molecule has 5 rings (SSSR count). The van der Waals surface area contributed by atoms with Crippen LogP contribution in [-0.4, -0.2) is 88.4 Å². The molecule has 1 atom stereocenters. The Labute approximate surface area is 246 Å². The second kappa shape index (κ2) is 13.1. The third kappa shape index (κ3) is 6.94. The fourth-order valence-electron chi connectivity index (χ4n) is 4.64. The maximum atomic E-state index is 12.9. The average molecular weight is 592 g/mol. The normalized spacial score (nSPS) is 14.8. The van der Waals surface area contributed by atoms with Crippen molar-refractivity contribution >= 4 is 56.9 Å². The summed E-state index contributed by atoms with van der Waals surface area (Å²) in [6.45, 7) is 3.72. The summed E-state index contributed by atoms with van der Waals surface area (Å²) >= 11 is -2.54. The molecule has 1 amide bonds. The molecule has 1 unspecified atom stereocenters. The van der Waals surface area contributed by atoms with Crippen LogP contribution in [0.5, 0.6) is 11.5 Å². The SMILES string of the molecule is COc1cc(Nc2nc3ccccc3nc2N(c2cccc(NC(=O)CN3CCN(C)CC3)c2)S(=O)O)cc(OC)c1. The first kappa shape index (κ1) is 29.2. The number of carbonyl (C=O) groups is 1. The minimum absolute atomic E-state index is 0.109. The highest BCUT2D eigenvalue weighted by Crippen LogP contribution is 2.36. The highest BCUT2D eigenvalue weighted by Gasteiger charge is 2.24. The van der Waals surface area contributed by atoms with Gasteiger partial charge in [-0.15, -0.1) is 0 Å². The van der Waals surface area contributed by atoms with E-state index in [-0.39, 0.29) is 24.1 Å². The quantitative estimate of drug-likeness (QED) is 0.234. The molecule has 1 aromatic heterocycles. The number of nitrogens with zero attached hydrogens (tertiary/aromatic N) is 5. The van der Waals surface area contributed by atoms with Crippen LogP contribution < -0.4 is 24.4 Å². The Hall–Kier alpha value is -4.30. The number of hydrogen-bond donors (Lipinski definition) is 3. The van der Waals surface area contributed by atoms with Crippen molar-refractivity contribution in [3.63, 3.8) is 0 Å². The predicted octanol–water partition coefficient (Wildman–Crippen LogP) is 3.85. The fraction of sp³-hybridized carbons (Fsp3) is 0.276. The summed E-state index contributed by atoms with van der Waals surface area (Å²) in [6.07, 6.45) is 0. The second-order valence-corrected chi connectivity index (χ2v) is 10.6. The van der Waals surface area contributed by atoms with Gasteiger partial charge in [0.15, 0.2) is 11.6 Å². The van der Waals surface area contributed by atoms with Crippen LogP contribution in [0.4, 0.5) is 28.7 Å². The van der Waals surface area contributed by atoms with E-state index in [1.807, 2.05) is 12.1 Å². The number of ether oxygens (including phenoxy) is 2. The van der Waals surface area contributed by atoms with Gasteiger partial charge in [0.2, 0.25) is 5.91 Å². The smallest absolute Gasteiger partial charge is 0.268 e. The molecule has 2 heterocycles. The van der Waals surface area contributed by atoms with E-state index in [9.17, 15) is 13.6 Å². The van der Waals surface area contributed by atoms with Gasteiger partial charge in [0.05, 0.1) is 37.5 Å². The van der Waals surface area contributed by atoms with Gasteiger partial charge in [-0.3, -0.25) is 14.2 Å². The van der Waals surface area contributed by atoms with Crippen molar-refractivity contribution in [2.45, 2.75) is 0 Å². The van der Waals surface area contributed by atoms with Crippen LogP contribution >= 0.6 is 0 Å². The lowest BCUT2D eigenvalue weighted by Crippen LogP contribution is -2.47. The lowest BCUT2D eigenvalue weighted by atomic mass is 10.2. The Kier molecular flexibility index (Phi) is 9.12. The van der Waals surface area contributed by atoms with Crippen molar-refractivity contribution in [2.24, 2.45) is 0 Å². The van der Waals surface area contributed by atoms with Gasteiger partial charge in [-0.1, -0.05) is 18.2 Å². The van der Waals surface area contributed by atoms with Crippen molar-refractivity contribution in [3.05, 3.63) is 66.7 Å². The van der Waals surface area contributed by atoms with Crippen molar-refractivity contribution < 1.29 is 23.0 Å². The topological polar surface area (TPSA) is 132 Å². The Morgan fingerprint density at radius 2 is 1.60 bits per heavy atom. The molecule has 3 N–H and O–H groups in total. The van der Waals surface area contributed by atoms with Gasteiger partial charge in [-0.2, -0.15) is 0 Å². The number of amides is 1. The number of methoxy groups -OCH3 is 2. The van der Waals surface area contributed by atoms with Gasteiger partial charge in [0.25, 0.3) is 11.3 Å². The summed E-state index contributed by atoms with van der Waals surface area (Å²) < 4.78 is 35.3. The molecular weight excluding hydrogens is 558 g/mol. The molecular formula is C29H33N7O5S. The average Bonchev–Trinajstić information content (AvgIpc) is 2.98. The zero-order valence-corrected chi connectivity index (χ0v) is 24.4. The number of nitrogens with one attached hydrogen (secondary N) is 2. The third-order valence-corrected chi connectivity index (χ3v) is 7.54. The Morgan fingerprint density at radius 3 is 2.24 bits per heavy atom. The molecule has 1 aliphatic heterocycles. The van der Waals surface area contributed by atoms with E-state index in [0.717, 1.165) is 30.5 Å². The molecule has 12 nitrogen and oxygen atoms in total. The number of para-hydroxylation sites is 2. The van der Waals surface area contributed by atoms with Crippen LogP contribution in [0.1, 0.15) is 0 Å². The molecule has 1 fully saturated rings. The van der Waals surface area contributed by atoms with E-state index in [1.165, 1.54) is 0 Å². The summed E-state index contributed by atoms with van der Waals surface area (Å²) in [5.41, 5.74) is 2.53. The molecule has 0 aliphatic carbocycles. The lowest BCUT2D eigenvalue weighted by molar-refractivity contribution is -0.117. The first-order chi connectivity index (χ1) is 20.3. The molecule has 220 valence electrons. The highest BCUT2D eigenvalue weighted by molar-refractivity contribution is 7.81. The molecule has 0 spiro atoms. The molecule has 1 aliphatic rings. The molecule has 13 heteroatoms. The number of rotatable bonds is 10. The molecule has 0 bridgehead atoms. The number of anilines is 5. The van der Waals surface area contributed by atoms with Crippen molar-refractivity contribution in [2.75, 3.05) is 68.9 Å². The summed E-state index contributed by atoms with van der Waals surface area (Å²) in [7, 11) is 5.16. The number of fused-ring (bicyclic) bond motifs is 1. The van der Waals surface area contributed by atoms with Crippen LogP contribution in [0.25, 0.3) is 11.0 Å². The maximum absolute atomic E-state index is 12.9. The summed E-state index contributed by atoms with van der Waals surface area (Å²) in [5.74, 6) is 1.28. The largest absolute Gasteiger partial charge is 0.497 e. The monoisotopic (exact) mass is 591 g/mol. The second-order valence-electron chi connectivity index (χ2n) is 9.81. The summed E-state index contributed by atoms with van der Waals surface area (Å²) in [5, 5.41) is 6.13. The van der Waals surface area contributed by atoms with E-state index in [2.05, 4.69) is 27.5 Å². The predicted molar refractivity (Wildman–Crippen MR) is 164 cm³/mol. The standard InChI is InChI=1S/C29H33N7O5S/c1-34-11-13-35(14-12-34)19-27(37)30-20-7-6-8-22(15-20)36(42(38)39)29-28(32-25-9-4-5-10-26(25)33-29)31-21-16-23(40-2)18-24(17-21)41-3/h4-10,15-18H,11-14,19H2,1-3H3,(H,30,37)(H,31,32)(H,38,39). The van der Waals surface area contributed by atoms with E-state index >= 15 is 0 Å². The van der Waals surface area contributed by atoms with Gasteiger partial charge in [-0.05, 0) is 37.4 Å². The number of likely N-dealkylation sites (N-methyl/N-ethyl adjacent to an activating group) is 1. The van der Waals surface area contributed by atoms with Crippen LogP contribution in [0.15, 0.2) is 66.7 Å². The first-order valence-corrected chi connectivity index (χ1v) is 14.4. The zero-order chi connectivity index (χ0) is 29.6. The summed E-state index contributed by atoms with van der Waals surface area (Å²) in [6, 6.07) is 19.2. The number of piperazine rings is 1. The van der Waals surface area contributed by atoms with Crippen LogP contribution in [-0.2, 0) is 16.1 Å². The molecule has 0 saturated carbocycles. The van der Waals surface area contributed by atoms with E-state index < -0.39 is 11.3 Å². The van der Waals surface area contributed by atoms with Crippen LogP contribution in [0.3, 0.4) is 0 Å². The van der Waals surface area contributed by atoms with Gasteiger partial charge in [-0.25, -0.2) is 18.5 Å². The van der Waals surface area contributed by atoms with Gasteiger partial charge in [0.1, 0.15) is 11.5 Å². The molecule has 0 radical (unpaired) electrons. The van der Waals surface area contributed by atoms with Crippen molar-refractivity contribution in [1.29, 1.82) is 0 Å². The first-order valence-electron chi connectivity index (χ1n) is 13.3. The van der Waals surface area contributed by atoms with Crippen LogP contribution in [0.2, 0.25) is 0 Å². The molecule has 3 aromatic carbocycles. The van der Waals surface area contributed by atoms with E-state index in [0.29, 0.717) is 39.6 Å². The minimum atomic E-state index is -2.54. The van der Waals surface area contributed by atoms with E-state index in [1.54, 1.807) is 68.8 Å². The lowest BCUT2D eigenvalue weighted by Gasteiger charge is -2.31. The Morgan fingerprint density at radius 1 is 0.929 bits per heavy atom. The fourth-order valence-corrected chi connectivity index (χ4v) is 5.21. The Balaban J connectivity index is 1.48. The highest BCUT2D eigenvalue weighted by atomic mass is 32.2. The van der Waals surface area contributed by atoms with E-state index in [4.69, 9.17) is 19.4 Å². The minimum Gasteiger partial charge on any atom is -0.497 e. The maximum Gasteiger partial charge on any atom is 0.268 e. The zero-order valence-electron chi connectivity index (χ0n) is 23.6. The third-order valence-electron chi connectivity index (χ3n) is 6.84. The van der Waals surface area contributed by atoms with Gasteiger partial charge < -0.3 is 25.0 Å². The van der Waals surface area contributed by atoms with Crippen molar-refractivity contribution in [3.8, 4) is 11.5 Å². The van der Waals surface area contributed by atoms with Crippen molar-refractivity contribution in [1.82, 2.24) is 19.8 Å². The summed E-state index contributed by atoms with van der Waals surface area (Å²) in [4.78, 5) is 26.6. The number of aromatic nitrogens is 2. The van der Waals surface area contributed by atoms with Gasteiger partial charge in [0, 0.05) is 55.8 Å². The molecule has 4 aromatic rings. The molecule has 1 saturated heterocycles.